The van der Waals surface area contributed by atoms with Crippen LogP contribution in [0.25, 0.3) is 0 Å². The molecule has 0 aromatic rings. The van der Waals surface area contributed by atoms with Gasteiger partial charge in [0.05, 0.1) is 25.4 Å². The van der Waals surface area contributed by atoms with Gasteiger partial charge in [0.25, 0.3) is 0 Å². The van der Waals surface area contributed by atoms with E-state index in [2.05, 4.69) is 33.5 Å². The molecule has 8 N–H and O–H groups in total. The van der Waals surface area contributed by atoms with Crippen molar-refractivity contribution in [2.75, 3.05) is 25.1 Å². The van der Waals surface area contributed by atoms with Gasteiger partial charge in [-0.3, -0.25) is 9.59 Å². The Morgan fingerprint density at radius 1 is 0.667 bits per heavy atom. The van der Waals surface area contributed by atoms with Crippen LogP contribution in [0.1, 0.15) is 174 Å². The maximum Gasteiger partial charge on any atom is 0.220 e. The first-order chi connectivity index (χ1) is 26.2. The topological polar surface area (TPSA) is 198 Å². The Bertz CT molecular complexity index is 904. The number of ether oxygens (including phenoxy) is 2. The summed E-state index contributed by atoms with van der Waals surface area (Å²) in [7, 11) is 0. The minimum Gasteiger partial charge on any atom is -0.394 e. The van der Waals surface area contributed by atoms with E-state index >= 15 is 0 Å². The van der Waals surface area contributed by atoms with Crippen LogP contribution in [0.2, 0.25) is 0 Å². The molecule has 0 saturated carbocycles. The highest BCUT2D eigenvalue weighted by atomic mass is 79.9. The zero-order valence-corrected chi connectivity index (χ0v) is 35.1. The van der Waals surface area contributed by atoms with Gasteiger partial charge in [-0.1, -0.05) is 145 Å². The van der Waals surface area contributed by atoms with Gasteiger partial charge in [-0.25, -0.2) is 0 Å². The Kier molecular flexibility index (Phi) is 32.3. The summed E-state index contributed by atoms with van der Waals surface area (Å²) in [6.07, 6.45) is 16.5. The third-order valence-electron chi connectivity index (χ3n) is 10.5. The van der Waals surface area contributed by atoms with Gasteiger partial charge < -0.3 is 50.7 Å². The minimum absolute atomic E-state index is 0.125. The maximum atomic E-state index is 13.0. The molecule has 13 heteroatoms. The van der Waals surface area contributed by atoms with Crippen LogP contribution >= 0.6 is 15.9 Å². The Morgan fingerprint density at radius 3 is 1.72 bits per heavy atom. The lowest BCUT2D eigenvalue weighted by Crippen LogP contribution is -2.60. The Hall–Kier alpha value is -0.900. The summed E-state index contributed by atoms with van der Waals surface area (Å²) in [4.78, 5) is 25.0. The van der Waals surface area contributed by atoms with E-state index in [0.717, 1.165) is 76.0 Å². The molecule has 1 aliphatic rings. The van der Waals surface area contributed by atoms with Crippen molar-refractivity contribution >= 4 is 27.7 Å². The molecule has 1 rings (SSSR count). The molecule has 2 amide bonds. The van der Waals surface area contributed by atoms with Crippen LogP contribution in [-0.4, -0.2) is 116 Å². The molecule has 0 bridgehead atoms. The van der Waals surface area contributed by atoms with Gasteiger partial charge in [0.2, 0.25) is 11.8 Å². The van der Waals surface area contributed by atoms with E-state index in [4.69, 9.17) is 9.47 Å². The largest absolute Gasteiger partial charge is 0.394 e. The van der Waals surface area contributed by atoms with Crippen LogP contribution in [0.15, 0.2) is 0 Å². The van der Waals surface area contributed by atoms with Crippen molar-refractivity contribution in [3.05, 3.63) is 0 Å². The normalized spacial score (nSPS) is 21.8. The molecule has 0 aromatic heterocycles. The number of aliphatic hydroxyl groups is 6. The molecule has 0 aliphatic carbocycles. The zero-order chi connectivity index (χ0) is 39.8. The highest BCUT2D eigenvalue weighted by Crippen LogP contribution is 2.23. The van der Waals surface area contributed by atoms with E-state index in [1.54, 1.807) is 0 Å². The summed E-state index contributed by atoms with van der Waals surface area (Å²) < 4.78 is 11.1. The molecule has 1 saturated heterocycles. The predicted octanol–water partition coefficient (Wildman–Crippen LogP) is 5.68. The Balaban J connectivity index is 2.43. The second kappa shape index (κ2) is 34.2. The van der Waals surface area contributed by atoms with Gasteiger partial charge in [-0.05, 0) is 32.1 Å². The van der Waals surface area contributed by atoms with Crippen LogP contribution in [-0.2, 0) is 19.1 Å². The van der Waals surface area contributed by atoms with Crippen molar-refractivity contribution in [2.24, 2.45) is 0 Å². The standard InChI is InChI=1S/C41H79BrN2O10/c1-2-3-4-5-6-7-8-9-10-11-15-20-25-33(46)37(49)32(31-53-41-40(52)39(51)38(50)34(30-45)54-41)44-36(48)27-22-16-12-13-19-24-29-43-35(47)26-21-17-14-18-23-28-42/h32-34,37-41,45-46,49-52H,2-31H2,1H3,(H,43,47)(H,44,48)/t32-,33+,34+,37-,38-,39-,40+,41-/m0/s1. The second-order valence-corrected chi connectivity index (χ2v) is 16.2. The molecule has 320 valence electrons. The maximum absolute atomic E-state index is 13.0. The number of carbonyl (C=O) groups excluding carboxylic acids is 2. The molecule has 0 unspecified atom stereocenters. The quantitative estimate of drug-likeness (QED) is 0.0287. The molecular weight excluding hydrogens is 760 g/mol. The fourth-order valence-electron chi connectivity index (χ4n) is 6.89. The van der Waals surface area contributed by atoms with E-state index in [1.165, 1.54) is 70.6 Å². The molecule has 1 heterocycles. The van der Waals surface area contributed by atoms with Crippen molar-refractivity contribution in [1.29, 1.82) is 0 Å². The molecule has 0 aromatic carbocycles. The van der Waals surface area contributed by atoms with Gasteiger partial charge in [-0.15, -0.1) is 0 Å². The molecule has 0 spiro atoms. The number of aliphatic hydroxyl groups excluding tert-OH is 6. The number of amides is 2. The molecule has 1 aliphatic heterocycles. The average molecular weight is 840 g/mol. The lowest BCUT2D eigenvalue weighted by Gasteiger charge is -2.40. The lowest BCUT2D eigenvalue weighted by atomic mass is 9.98. The predicted molar refractivity (Wildman–Crippen MR) is 216 cm³/mol. The molecule has 12 nitrogen and oxygen atoms in total. The summed E-state index contributed by atoms with van der Waals surface area (Å²) in [5.74, 6) is -0.180. The number of hydrogen-bond acceptors (Lipinski definition) is 10. The Morgan fingerprint density at radius 2 is 1.17 bits per heavy atom. The zero-order valence-electron chi connectivity index (χ0n) is 33.5. The fourth-order valence-corrected chi connectivity index (χ4v) is 7.28. The van der Waals surface area contributed by atoms with Crippen LogP contribution < -0.4 is 10.6 Å². The molecular formula is C41H79BrN2O10. The summed E-state index contributed by atoms with van der Waals surface area (Å²) in [6.45, 7) is 1.97. The number of rotatable bonds is 36. The highest BCUT2D eigenvalue weighted by Gasteiger charge is 2.44. The van der Waals surface area contributed by atoms with Crippen LogP contribution in [0.3, 0.4) is 0 Å². The average Bonchev–Trinajstić information content (AvgIpc) is 3.16. The number of nitrogens with one attached hydrogen (secondary N) is 2. The number of carbonyl (C=O) groups is 2. The van der Waals surface area contributed by atoms with Crippen molar-refractivity contribution in [1.82, 2.24) is 10.6 Å². The van der Waals surface area contributed by atoms with Crippen molar-refractivity contribution in [2.45, 2.75) is 223 Å². The first kappa shape index (κ1) is 51.1. The van der Waals surface area contributed by atoms with Gasteiger partial charge in [0.1, 0.15) is 30.5 Å². The summed E-state index contributed by atoms with van der Waals surface area (Å²) in [5, 5.41) is 69.0. The Labute approximate surface area is 335 Å². The monoisotopic (exact) mass is 838 g/mol. The van der Waals surface area contributed by atoms with E-state index < -0.39 is 55.6 Å². The SMILES string of the molecule is CCCCCCCCCCCCCC[C@@H](O)[C@@H](O)[C@H](CO[C@H]1O[C@H](CO)[C@H](O)[C@H](O)[C@H]1O)NC(=O)CCCCCCCCNC(=O)CCCCCCCBr. The molecule has 1 fully saturated rings. The lowest BCUT2D eigenvalue weighted by molar-refractivity contribution is -0.303. The second-order valence-electron chi connectivity index (χ2n) is 15.4. The number of alkyl halides is 1. The van der Waals surface area contributed by atoms with Gasteiger partial charge >= 0.3 is 0 Å². The summed E-state index contributed by atoms with van der Waals surface area (Å²) in [5.41, 5.74) is 0. The van der Waals surface area contributed by atoms with E-state index in [9.17, 15) is 40.2 Å². The van der Waals surface area contributed by atoms with E-state index in [0.29, 0.717) is 25.8 Å². The fraction of sp³-hybridized carbons (Fsp3) is 0.951. The van der Waals surface area contributed by atoms with Gasteiger partial charge in [0, 0.05) is 24.7 Å². The van der Waals surface area contributed by atoms with Gasteiger partial charge in [0.15, 0.2) is 6.29 Å². The van der Waals surface area contributed by atoms with E-state index in [-0.39, 0.29) is 24.8 Å². The van der Waals surface area contributed by atoms with Crippen molar-refractivity contribution < 1.29 is 49.7 Å². The smallest absolute Gasteiger partial charge is 0.220 e. The van der Waals surface area contributed by atoms with Crippen LogP contribution in [0.5, 0.6) is 0 Å². The minimum atomic E-state index is -1.62. The van der Waals surface area contributed by atoms with Crippen molar-refractivity contribution in [3.63, 3.8) is 0 Å². The van der Waals surface area contributed by atoms with E-state index in [1.807, 2.05) is 0 Å². The molecule has 54 heavy (non-hydrogen) atoms. The molecule has 0 radical (unpaired) electrons. The van der Waals surface area contributed by atoms with Gasteiger partial charge in [-0.2, -0.15) is 0 Å². The van der Waals surface area contributed by atoms with Crippen molar-refractivity contribution in [3.8, 4) is 0 Å². The number of hydrogen-bond donors (Lipinski definition) is 8. The number of unbranched alkanes of at least 4 members (excludes halogenated alkanes) is 20. The molecule has 8 atom stereocenters. The number of halogens is 1. The van der Waals surface area contributed by atoms with Crippen LogP contribution in [0, 0.1) is 0 Å². The first-order valence-corrected chi connectivity index (χ1v) is 22.7. The summed E-state index contributed by atoms with van der Waals surface area (Å²) >= 11 is 3.44. The highest BCUT2D eigenvalue weighted by molar-refractivity contribution is 9.09. The third-order valence-corrected chi connectivity index (χ3v) is 11.0. The first-order valence-electron chi connectivity index (χ1n) is 21.6. The summed E-state index contributed by atoms with van der Waals surface area (Å²) in [6, 6.07) is -1.02. The van der Waals surface area contributed by atoms with Crippen LogP contribution in [0.4, 0.5) is 0 Å². The third kappa shape index (κ3) is 24.7.